The molecule has 3 heterocycles. The summed E-state index contributed by atoms with van der Waals surface area (Å²) in [5.74, 6) is -0.357. The molecule has 6 N–H and O–H groups in total. The Balaban J connectivity index is 1.28. The average molecular weight is 513 g/mol. The summed E-state index contributed by atoms with van der Waals surface area (Å²) < 4.78 is 17.6. The number of hydrogen-bond acceptors (Lipinski definition) is 10. The quantitative estimate of drug-likeness (QED) is 0.269. The lowest BCUT2D eigenvalue weighted by atomic mass is 9.40. The third-order valence-corrected chi connectivity index (χ3v) is 11.6. The average Bonchev–Trinajstić information content (AvgIpc) is 3.23. The van der Waals surface area contributed by atoms with Crippen molar-refractivity contribution in [2.75, 3.05) is 13.2 Å². The van der Waals surface area contributed by atoms with Gasteiger partial charge < -0.3 is 44.8 Å². The van der Waals surface area contributed by atoms with Crippen molar-refractivity contribution in [3.63, 3.8) is 0 Å². The molecule has 36 heavy (non-hydrogen) atoms. The van der Waals surface area contributed by atoms with Crippen molar-refractivity contribution in [3.8, 4) is 0 Å². The molecule has 4 saturated carbocycles. The topological polar surface area (TPSA) is 166 Å². The molecule has 0 aromatic carbocycles. The Hall–Kier alpha value is -0.850. The van der Waals surface area contributed by atoms with Gasteiger partial charge in [-0.3, -0.25) is 4.79 Å². The van der Waals surface area contributed by atoms with Gasteiger partial charge in [-0.15, -0.1) is 0 Å². The number of carbonyl (C=O) groups excluding carboxylic acids is 1. The van der Waals surface area contributed by atoms with Gasteiger partial charge >= 0.3 is 5.97 Å². The maximum Gasteiger partial charge on any atom is 0.314 e. The number of hydrogen-bond donors (Lipinski definition) is 6. The Morgan fingerprint density at radius 1 is 1.03 bits per heavy atom. The van der Waals surface area contributed by atoms with Crippen LogP contribution in [0.15, 0.2) is 0 Å². The SMILES string of the molecule is C[C@@]12CCC[C@@](C)(C(=O)O[C@@H]3O[C@H](CO)[C@@H](O)[C@H](O)[C@H]3O)[C@H]1CC[C@]13C[C@H]4C[C@H](O[C@@]4(CO)[C@H]1O)[C@@H]23. The van der Waals surface area contributed by atoms with Crippen molar-refractivity contribution in [2.24, 2.45) is 34.0 Å². The highest BCUT2D eigenvalue weighted by molar-refractivity contribution is 5.77. The first-order valence-electron chi connectivity index (χ1n) is 13.5. The van der Waals surface area contributed by atoms with Crippen LogP contribution >= 0.6 is 0 Å². The molecule has 4 bridgehead atoms. The minimum atomic E-state index is -1.64. The lowest BCUT2D eigenvalue weighted by Crippen LogP contribution is -2.68. The highest BCUT2D eigenvalue weighted by atomic mass is 16.7. The zero-order chi connectivity index (χ0) is 25.8. The van der Waals surface area contributed by atoms with Gasteiger partial charge in [0.25, 0.3) is 0 Å². The third-order valence-electron chi connectivity index (χ3n) is 11.6. The van der Waals surface area contributed by atoms with E-state index in [1.165, 1.54) is 0 Å². The Labute approximate surface area is 210 Å². The second-order valence-corrected chi connectivity index (χ2v) is 13.0. The molecule has 10 nitrogen and oxygen atoms in total. The van der Waals surface area contributed by atoms with Crippen molar-refractivity contribution < 1.29 is 49.6 Å². The van der Waals surface area contributed by atoms with Gasteiger partial charge in [0.15, 0.2) is 0 Å². The summed E-state index contributed by atoms with van der Waals surface area (Å²) in [6.07, 6.45) is -2.80. The molecule has 4 aliphatic carbocycles. The van der Waals surface area contributed by atoms with Crippen LogP contribution in [0.5, 0.6) is 0 Å². The largest absolute Gasteiger partial charge is 0.432 e. The number of ether oxygens (including phenoxy) is 3. The summed E-state index contributed by atoms with van der Waals surface area (Å²) in [6.45, 7) is 3.35. The van der Waals surface area contributed by atoms with Gasteiger partial charge in [-0.05, 0) is 68.6 Å². The van der Waals surface area contributed by atoms with Crippen molar-refractivity contribution in [1.82, 2.24) is 0 Å². The zero-order valence-corrected chi connectivity index (χ0v) is 21.0. The van der Waals surface area contributed by atoms with Crippen molar-refractivity contribution >= 4 is 5.97 Å². The number of esters is 1. The molecule has 3 saturated heterocycles. The fourth-order valence-electron chi connectivity index (χ4n) is 10.1. The summed E-state index contributed by atoms with van der Waals surface area (Å²) in [5, 5.41) is 61.8. The lowest BCUT2D eigenvalue weighted by Gasteiger charge is -2.66. The molecule has 7 rings (SSSR count). The van der Waals surface area contributed by atoms with Crippen LogP contribution in [-0.2, 0) is 19.0 Å². The number of rotatable bonds is 4. The summed E-state index contributed by atoms with van der Waals surface area (Å²) in [6, 6.07) is 0. The molecule has 7 fully saturated rings. The predicted octanol–water partition coefficient (Wildman–Crippen LogP) is -0.547. The summed E-state index contributed by atoms with van der Waals surface area (Å²) >= 11 is 0. The van der Waals surface area contributed by atoms with E-state index < -0.39 is 60.4 Å². The monoisotopic (exact) mass is 512 g/mol. The van der Waals surface area contributed by atoms with Crippen LogP contribution in [0.4, 0.5) is 0 Å². The van der Waals surface area contributed by atoms with Crippen LogP contribution in [0.3, 0.4) is 0 Å². The molecular formula is C26H40O10. The van der Waals surface area contributed by atoms with Gasteiger partial charge in [-0.1, -0.05) is 13.3 Å². The van der Waals surface area contributed by atoms with Crippen molar-refractivity contribution in [2.45, 2.75) is 107 Å². The Morgan fingerprint density at radius 2 is 1.78 bits per heavy atom. The molecule has 0 unspecified atom stereocenters. The molecule has 14 atom stereocenters. The molecule has 7 aliphatic rings. The number of aliphatic hydroxyl groups is 6. The molecule has 0 aromatic heterocycles. The van der Waals surface area contributed by atoms with E-state index in [2.05, 4.69) is 6.92 Å². The van der Waals surface area contributed by atoms with Crippen LogP contribution < -0.4 is 0 Å². The molecule has 0 aromatic rings. The van der Waals surface area contributed by atoms with Crippen LogP contribution in [-0.4, -0.2) is 98.3 Å². The summed E-state index contributed by atoms with van der Waals surface area (Å²) in [4.78, 5) is 13.8. The molecule has 204 valence electrons. The first kappa shape index (κ1) is 25.4. The maximum atomic E-state index is 13.8. The van der Waals surface area contributed by atoms with E-state index in [0.29, 0.717) is 6.42 Å². The van der Waals surface area contributed by atoms with Gasteiger partial charge in [0.1, 0.15) is 30.0 Å². The van der Waals surface area contributed by atoms with Crippen LogP contribution in [0.25, 0.3) is 0 Å². The number of aliphatic hydroxyl groups excluding tert-OH is 6. The fraction of sp³-hybridized carbons (Fsp3) is 0.962. The molecular weight excluding hydrogens is 472 g/mol. The van der Waals surface area contributed by atoms with Gasteiger partial charge in [-0.2, -0.15) is 0 Å². The van der Waals surface area contributed by atoms with Gasteiger partial charge in [0.05, 0.1) is 30.8 Å². The predicted molar refractivity (Wildman–Crippen MR) is 122 cm³/mol. The first-order chi connectivity index (χ1) is 17.0. The number of carbonyl (C=O) groups is 1. The van der Waals surface area contributed by atoms with Crippen LogP contribution in [0, 0.1) is 34.0 Å². The van der Waals surface area contributed by atoms with E-state index in [1.54, 1.807) is 0 Å². The minimum Gasteiger partial charge on any atom is -0.432 e. The van der Waals surface area contributed by atoms with E-state index >= 15 is 0 Å². The van der Waals surface area contributed by atoms with E-state index in [1.807, 2.05) is 6.92 Å². The molecule has 0 amide bonds. The number of fused-ring (bicyclic) bond motifs is 1. The maximum absolute atomic E-state index is 13.8. The summed E-state index contributed by atoms with van der Waals surface area (Å²) in [5.41, 5.74) is -2.35. The Kier molecular flexibility index (Phi) is 5.71. The van der Waals surface area contributed by atoms with E-state index in [9.17, 15) is 35.4 Å². The summed E-state index contributed by atoms with van der Waals surface area (Å²) in [7, 11) is 0. The molecule has 1 spiro atoms. The smallest absolute Gasteiger partial charge is 0.314 e. The van der Waals surface area contributed by atoms with E-state index in [-0.39, 0.29) is 41.3 Å². The Bertz CT molecular complexity index is 913. The van der Waals surface area contributed by atoms with Gasteiger partial charge in [0.2, 0.25) is 6.29 Å². The molecule has 3 aliphatic heterocycles. The minimum absolute atomic E-state index is 0.0520. The standard InChI is InChI=1S/C26H40O10/c1-23-5-3-6-24(2,22(33)35-20-18(31)17(30)16(29)14(10-27)34-20)15(23)4-7-25-9-12-8-13(19(23)25)36-26(12,11-28)21(25)32/h12-21,27-32H,3-11H2,1-2H3/t12-,13+,14-,15+,16-,17+,18-,19+,20+,21+,23-,24-,25-,26-/m1/s1. The van der Waals surface area contributed by atoms with Crippen LogP contribution in [0.1, 0.15) is 58.8 Å². The lowest BCUT2D eigenvalue weighted by molar-refractivity contribution is -0.302. The zero-order valence-electron chi connectivity index (χ0n) is 21.0. The van der Waals surface area contributed by atoms with Crippen molar-refractivity contribution in [3.05, 3.63) is 0 Å². The molecule has 10 heteroatoms. The fourth-order valence-corrected chi connectivity index (χ4v) is 10.1. The first-order valence-corrected chi connectivity index (χ1v) is 13.5. The third kappa shape index (κ3) is 2.93. The van der Waals surface area contributed by atoms with E-state index in [4.69, 9.17) is 14.2 Å². The second kappa shape index (κ2) is 8.08. The van der Waals surface area contributed by atoms with E-state index in [0.717, 1.165) is 38.5 Å². The highest BCUT2D eigenvalue weighted by Crippen LogP contribution is 2.76. The van der Waals surface area contributed by atoms with Gasteiger partial charge in [0, 0.05) is 5.41 Å². The second-order valence-electron chi connectivity index (χ2n) is 13.0. The molecule has 0 radical (unpaired) electrons. The van der Waals surface area contributed by atoms with Crippen LogP contribution in [0.2, 0.25) is 0 Å². The van der Waals surface area contributed by atoms with Gasteiger partial charge in [-0.25, -0.2) is 0 Å². The highest BCUT2D eigenvalue weighted by Gasteiger charge is 2.79. The Morgan fingerprint density at radius 3 is 2.44 bits per heavy atom. The normalized spacial score (nSPS) is 59.4. The van der Waals surface area contributed by atoms with Crippen molar-refractivity contribution in [1.29, 1.82) is 0 Å².